The number of hydrogen-bond donors (Lipinski definition) is 0. The Hall–Kier alpha value is -1.76. The summed E-state index contributed by atoms with van der Waals surface area (Å²) in [7, 11) is 0. The van der Waals surface area contributed by atoms with Crippen LogP contribution in [-0.2, 0) is 6.61 Å². The zero-order valence-electron chi connectivity index (χ0n) is 10.5. The highest BCUT2D eigenvalue weighted by Gasteiger charge is 2.30. The minimum absolute atomic E-state index is 0.153. The minimum Gasteiger partial charge on any atom is -0.489 e. The lowest BCUT2D eigenvalue weighted by atomic mass is 10.2. The molecular formula is C14H9BrF4O2. The van der Waals surface area contributed by atoms with Gasteiger partial charge in [0.25, 0.3) is 0 Å². The maximum absolute atomic E-state index is 12.9. The lowest BCUT2D eigenvalue weighted by molar-refractivity contribution is -0.274. The number of halogens is 5. The van der Waals surface area contributed by atoms with Gasteiger partial charge < -0.3 is 9.47 Å². The lowest BCUT2D eigenvalue weighted by Crippen LogP contribution is -2.16. The monoisotopic (exact) mass is 364 g/mol. The number of rotatable bonds is 4. The Bertz CT molecular complexity index is 611. The Balaban J connectivity index is 1.97. The maximum atomic E-state index is 12.9. The van der Waals surface area contributed by atoms with Crippen molar-refractivity contribution in [3.05, 3.63) is 58.3 Å². The zero-order chi connectivity index (χ0) is 15.5. The van der Waals surface area contributed by atoms with Crippen molar-refractivity contribution in [2.24, 2.45) is 0 Å². The van der Waals surface area contributed by atoms with E-state index in [1.165, 1.54) is 24.3 Å². The molecular weight excluding hydrogens is 356 g/mol. The molecule has 2 rings (SSSR count). The fourth-order valence-electron chi connectivity index (χ4n) is 1.54. The van der Waals surface area contributed by atoms with Crippen molar-refractivity contribution < 1.29 is 27.0 Å². The van der Waals surface area contributed by atoms with Crippen LogP contribution in [0.4, 0.5) is 17.6 Å². The predicted molar refractivity (Wildman–Crippen MR) is 71.6 cm³/mol. The highest BCUT2D eigenvalue weighted by atomic mass is 79.9. The van der Waals surface area contributed by atoms with Crippen LogP contribution in [0.1, 0.15) is 5.56 Å². The van der Waals surface area contributed by atoms with E-state index in [1.807, 2.05) is 0 Å². The van der Waals surface area contributed by atoms with Gasteiger partial charge >= 0.3 is 6.36 Å². The second-order valence-corrected chi connectivity index (χ2v) is 4.90. The fraction of sp³-hybridized carbons (Fsp3) is 0.143. The van der Waals surface area contributed by atoms with Crippen molar-refractivity contribution in [3.63, 3.8) is 0 Å². The van der Waals surface area contributed by atoms with Gasteiger partial charge in [-0.1, -0.05) is 22.0 Å². The molecule has 7 heteroatoms. The summed E-state index contributed by atoms with van der Waals surface area (Å²) in [6, 6.07) is 9.19. The van der Waals surface area contributed by atoms with Gasteiger partial charge in [0.05, 0.1) is 0 Å². The van der Waals surface area contributed by atoms with Gasteiger partial charge in [0.1, 0.15) is 23.9 Å². The summed E-state index contributed by atoms with van der Waals surface area (Å²) in [6.07, 6.45) is -4.72. The molecule has 21 heavy (non-hydrogen) atoms. The van der Waals surface area contributed by atoms with Gasteiger partial charge in [0, 0.05) is 10.0 Å². The van der Waals surface area contributed by atoms with Gasteiger partial charge in [-0.05, 0) is 36.4 Å². The van der Waals surface area contributed by atoms with E-state index in [0.717, 1.165) is 12.1 Å². The van der Waals surface area contributed by atoms with E-state index in [-0.39, 0.29) is 18.2 Å². The Morgan fingerprint density at radius 2 is 1.57 bits per heavy atom. The molecule has 0 bridgehead atoms. The van der Waals surface area contributed by atoms with Gasteiger partial charge in [-0.2, -0.15) is 0 Å². The molecule has 0 aliphatic heterocycles. The first kappa shape index (κ1) is 15.6. The molecule has 0 amide bonds. The van der Waals surface area contributed by atoms with Crippen molar-refractivity contribution >= 4 is 15.9 Å². The van der Waals surface area contributed by atoms with E-state index in [9.17, 15) is 17.6 Å². The molecule has 0 radical (unpaired) electrons. The van der Waals surface area contributed by atoms with Gasteiger partial charge in [0.2, 0.25) is 0 Å². The smallest absolute Gasteiger partial charge is 0.489 e. The molecule has 0 saturated carbocycles. The molecule has 0 aromatic heterocycles. The highest BCUT2D eigenvalue weighted by Crippen LogP contribution is 2.25. The van der Waals surface area contributed by atoms with E-state index in [4.69, 9.17) is 4.74 Å². The highest BCUT2D eigenvalue weighted by molar-refractivity contribution is 9.10. The van der Waals surface area contributed by atoms with Crippen molar-refractivity contribution in [3.8, 4) is 11.5 Å². The summed E-state index contributed by atoms with van der Waals surface area (Å²) in [4.78, 5) is 0. The lowest BCUT2D eigenvalue weighted by Gasteiger charge is -2.10. The van der Waals surface area contributed by atoms with E-state index in [0.29, 0.717) is 15.8 Å². The van der Waals surface area contributed by atoms with Gasteiger partial charge in [-0.3, -0.25) is 0 Å². The standard InChI is InChI=1S/C14H9BrF4O2/c15-13-7-10(16)2-1-9(13)8-20-11-3-5-12(6-4-11)21-14(17,18)19/h1-7H,8H2. The Labute approximate surface area is 126 Å². The normalized spacial score (nSPS) is 11.3. The van der Waals surface area contributed by atoms with Crippen LogP contribution in [0, 0.1) is 5.82 Å². The molecule has 2 nitrogen and oxygen atoms in total. The molecule has 0 aliphatic rings. The summed E-state index contributed by atoms with van der Waals surface area (Å²) in [5.41, 5.74) is 0.715. The quantitative estimate of drug-likeness (QED) is 0.705. The molecule has 0 aliphatic carbocycles. The first-order valence-corrected chi connectivity index (χ1v) is 6.55. The van der Waals surface area contributed by atoms with Crippen molar-refractivity contribution in [1.82, 2.24) is 0 Å². The largest absolute Gasteiger partial charge is 0.573 e. The van der Waals surface area contributed by atoms with E-state index >= 15 is 0 Å². The number of ether oxygens (including phenoxy) is 2. The van der Waals surface area contributed by atoms with Crippen LogP contribution in [-0.4, -0.2) is 6.36 Å². The van der Waals surface area contributed by atoms with E-state index in [2.05, 4.69) is 20.7 Å². The molecule has 0 atom stereocenters. The molecule has 0 unspecified atom stereocenters. The number of alkyl halides is 3. The Morgan fingerprint density at radius 3 is 2.14 bits per heavy atom. The van der Waals surface area contributed by atoms with Crippen LogP contribution in [0.5, 0.6) is 11.5 Å². The van der Waals surface area contributed by atoms with Crippen molar-refractivity contribution in [2.45, 2.75) is 13.0 Å². The third-order valence-electron chi connectivity index (χ3n) is 2.47. The number of hydrogen-bond acceptors (Lipinski definition) is 2. The molecule has 2 aromatic rings. The molecule has 0 N–H and O–H groups in total. The first-order valence-electron chi connectivity index (χ1n) is 5.76. The van der Waals surface area contributed by atoms with Crippen LogP contribution in [0.25, 0.3) is 0 Å². The summed E-state index contributed by atoms with van der Waals surface area (Å²) < 4.78 is 58.6. The summed E-state index contributed by atoms with van der Waals surface area (Å²) in [6.45, 7) is 0.153. The van der Waals surface area contributed by atoms with Crippen LogP contribution in [0.3, 0.4) is 0 Å². The third-order valence-corrected chi connectivity index (χ3v) is 3.20. The topological polar surface area (TPSA) is 18.5 Å². The minimum atomic E-state index is -4.72. The predicted octanol–water partition coefficient (Wildman–Crippen LogP) is 5.07. The van der Waals surface area contributed by atoms with Crippen molar-refractivity contribution in [2.75, 3.05) is 0 Å². The molecule has 2 aromatic carbocycles. The molecule has 0 heterocycles. The summed E-state index contributed by atoms with van der Waals surface area (Å²) in [5.74, 6) is -0.321. The Kier molecular flexibility index (Phi) is 4.72. The summed E-state index contributed by atoms with van der Waals surface area (Å²) >= 11 is 3.20. The van der Waals surface area contributed by atoms with Crippen molar-refractivity contribution in [1.29, 1.82) is 0 Å². The molecule has 0 spiro atoms. The average molecular weight is 365 g/mol. The second kappa shape index (κ2) is 6.34. The summed E-state index contributed by atoms with van der Waals surface area (Å²) in [5, 5.41) is 0. The first-order chi connectivity index (χ1) is 9.83. The third kappa shape index (κ3) is 4.93. The molecule has 0 saturated heterocycles. The number of benzene rings is 2. The van der Waals surface area contributed by atoms with Crippen LogP contribution in [0.15, 0.2) is 46.9 Å². The van der Waals surface area contributed by atoms with Crippen LogP contribution < -0.4 is 9.47 Å². The van der Waals surface area contributed by atoms with Crippen LogP contribution >= 0.6 is 15.9 Å². The SMILES string of the molecule is Fc1ccc(COc2ccc(OC(F)(F)F)cc2)c(Br)c1. The molecule has 0 fully saturated rings. The zero-order valence-corrected chi connectivity index (χ0v) is 12.0. The average Bonchev–Trinajstić information content (AvgIpc) is 2.38. The Morgan fingerprint density at radius 1 is 0.952 bits per heavy atom. The van der Waals surface area contributed by atoms with Gasteiger partial charge in [-0.25, -0.2) is 4.39 Å². The van der Waals surface area contributed by atoms with Gasteiger partial charge in [-0.15, -0.1) is 13.2 Å². The van der Waals surface area contributed by atoms with E-state index in [1.54, 1.807) is 6.07 Å². The molecule has 112 valence electrons. The van der Waals surface area contributed by atoms with E-state index < -0.39 is 6.36 Å². The second-order valence-electron chi connectivity index (χ2n) is 4.04. The van der Waals surface area contributed by atoms with Gasteiger partial charge in [0.15, 0.2) is 0 Å². The van der Waals surface area contributed by atoms with Crippen LogP contribution in [0.2, 0.25) is 0 Å². The fourth-order valence-corrected chi connectivity index (χ4v) is 2.00. The maximum Gasteiger partial charge on any atom is 0.573 e.